The van der Waals surface area contributed by atoms with Gasteiger partial charge >= 0.3 is 0 Å². The quantitative estimate of drug-likeness (QED) is 0.593. The molecule has 0 amide bonds. The molecular weight excluding hydrogens is 228 g/mol. The Morgan fingerprint density at radius 3 is 1.61 bits per heavy atom. The highest BCUT2D eigenvalue weighted by Crippen LogP contribution is 2.10. The van der Waals surface area contributed by atoms with Crippen molar-refractivity contribution in [2.45, 2.75) is 0 Å². The van der Waals surface area contributed by atoms with Crippen LogP contribution < -0.4 is 0 Å². The third kappa shape index (κ3) is 2.38. The number of nitrogens with zero attached hydrogens (tertiary/aromatic N) is 2. The number of allylic oxidation sites excluding steroid dienone is 2. The van der Waals surface area contributed by atoms with Crippen LogP contribution in [0.1, 0.15) is 11.4 Å². The smallest absolute Gasteiger partial charge is 0.142 e. The highest BCUT2D eigenvalue weighted by Gasteiger charge is 2.02. The van der Waals surface area contributed by atoms with Crippen LogP contribution in [0.5, 0.6) is 0 Å². The van der Waals surface area contributed by atoms with Crippen molar-refractivity contribution in [1.29, 1.82) is 0 Å². The predicted octanol–water partition coefficient (Wildman–Crippen LogP) is 2.03. The Hall–Kier alpha value is -2.62. The molecule has 0 aliphatic rings. The summed E-state index contributed by atoms with van der Waals surface area (Å²) in [5.74, 6) is 0. The molecule has 2 aromatic rings. The van der Waals surface area contributed by atoms with Gasteiger partial charge in [0.25, 0.3) is 0 Å². The summed E-state index contributed by atoms with van der Waals surface area (Å²) in [5, 5.41) is 0. The molecule has 90 valence electrons. The van der Waals surface area contributed by atoms with Crippen LogP contribution in [0, 0.1) is 0 Å². The second kappa shape index (κ2) is 5.63. The van der Waals surface area contributed by atoms with E-state index in [0.717, 1.165) is 24.0 Å². The van der Waals surface area contributed by atoms with Gasteiger partial charge in [0.2, 0.25) is 0 Å². The van der Waals surface area contributed by atoms with Gasteiger partial charge in [0, 0.05) is 12.4 Å². The Labute approximate surface area is 104 Å². The lowest BCUT2D eigenvalue weighted by atomic mass is 10.4. The monoisotopic (exact) mass is 240 g/mol. The minimum Gasteiger partial charge on any atom is -0.299 e. The van der Waals surface area contributed by atoms with Crippen molar-refractivity contribution in [3.05, 3.63) is 60.2 Å². The first-order valence-electron chi connectivity index (χ1n) is 5.46. The van der Waals surface area contributed by atoms with E-state index in [4.69, 9.17) is 0 Å². The first-order valence-corrected chi connectivity index (χ1v) is 5.46. The highest BCUT2D eigenvalue weighted by atomic mass is 16.1. The molecule has 2 rings (SSSR count). The summed E-state index contributed by atoms with van der Waals surface area (Å²) in [4.78, 5) is 20.7. The fourth-order valence-electron chi connectivity index (χ4n) is 1.70. The van der Waals surface area contributed by atoms with Gasteiger partial charge in [0.05, 0.1) is 11.4 Å². The molecule has 0 aliphatic heterocycles. The fourth-order valence-corrected chi connectivity index (χ4v) is 1.70. The summed E-state index contributed by atoms with van der Waals surface area (Å²) in [6, 6.07) is 7.57. The zero-order valence-corrected chi connectivity index (χ0v) is 9.64. The minimum atomic E-state index is 0.736. The molecule has 0 spiro atoms. The summed E-state index contributed by atoms with van der Waals surface area (Å²) < 4.78 is 3.76. The molecular formula is C14H12N2O2. The van der Waals surface area contributed by atoms with Crippen molar-refractivity contribution in [3.63, 3.8) is 0 Å². The maximum absolute atomic E-state index is 10.4. The molecule has 0 aliphatic carbocycles. The molecule has 0 saturated heterocycles. The molecule has 4 heteroatoms. The van der Waals surface area contributed by atoms with Crippen LogP contribution in [0.2, 0.25) is 0 Å². The number of hydrogen-bond donors (Lipinski definition) is 0. The number of carbonyl (C=O) groups excluding carboxylic acids is 2. The van der Waals surface area contributed by atoms with Crippen molar-refractivity contribution in [1.82, 2.24) is 9.35 Å². The molecule has 0 unspecified atom stereocenters. The molecule has 0 radical (unpaired) electrons. The maximum Gasteiger partial charge on any atom is 0.142 e. The van der Waals surface area contributed by atoms with E-state index in [0.29, 0.717) is 0 Å². The lowest BCUT2D eigenvalue weighted by Crippen LogP contribution is -2.09. The van der Waals surface area contributed by atoms with Gasteiger partial charge in [-0.05, 0) is 48.6 Å². The van der Waals surface area contributed by atoms with Crippen molar-refractivity contribution in [3.8, 4) is 0 Å². The molecule has 18 heavy (non-hydrogen) atoms. The van der Waals surface area contributed by atoms with E-state index in [1.165, 1.54) is 12.2 Å². The number of aromatic nitrogens is 2. The van der Waals surface area contributed by atoms with Crippen molar-refractivity contribution < 1.29 is 9.59 Å². The van der Waals surface area contributed by atoms with Crippen LogP contribution >= 0.6 is 0 Å². The number of rotatable bonds is 5. The third-order valence-corrected chi connectivity index (χ3v) is 2.44. The average Bonchev–Trinajstić information content (AvgIpc) is 3.01. The zero-order chi connectivity index (χ0) is 12.8. The van der Waals surface area contributed by atoms with Crippen LogP contribution in [-0.4, -0.2) is 21.9 Å². The number of aldehydes is 2. The summed E-state index contributed by atoms with van der Waals surface area (Å²) >= 11 is 0. The van der Waals surface area contributed by atoms with E-state index >= 15 is 0 Å². The first kappa shape index (κ1) is 11.9. The standard InChI is InChI=1S/C14H12N2O2/c17-11-3-7-13-5-1-9-15(13)16-10-2-6-14(16)8-4-12-18/h1-12H/b7-3+,8-4+. The number of hydrogen-bond acceptors (Lipinski definition) is 2. The van der Waals surface area contributed by atoms with Crippen LogP contribution in [0.25, 0.3) is 12.2 Å². The second-order valence-electron chi connectivity index (χ2n) is 3.55. The van der Waals surface area contributed by atoms with Gasteiger partial charge in [0.1, 0.15) is 12.6 Å². The highest BCUT2D eigenvalue weighted by molar-refractivity contribution is 5.74. The average molecular weight is 240 g/mol. The Morgan fingerprint density at radius 1 is 0.778 bits per heavy atom. The van der Waals surface area contributed by atoms with E-state index in [-0.39, 0.29) is 0 Å². The molecule has 0 fully saturated rings. The van der Waals surface area contributed by atoms with Crippen LogP contribution in [-0.2, 0) is 9.59 Å². The van der Waals surface area contributed by atoms with Gasteiger partial charge in [-0.15, -0.1) is 0 Å². The molecule has 0 bridgehead atoms. The molecule has 2 heterocycles. The van der Waals surface area contributed by atoms with E-state index in [1.807, 2.05) is 46.0 Å². The summed E-state index contributed by atoms with van der Waals surface area (Å²) in [6.45, 7) is 0. The SMILES string of the molecule is O=C/C=C/c1cccn1-n1cccc1/C=C/C=O. The van der Waals surface area contributed by atoms with E-state index in [2.05, 4.69) is 0 Å². The Bertz CT molecular complexity index is 549. The second-order valence-corrected chi connectivity index (χ2v) is 3.55. The minimum absolute atomic E-state index is 0.736. The van der Waals surface area contributed by atoms with Gasteiger partial charge in [0.15, 0.2) is 0 Å². The van der Waals surface area contributed by atoms with Gasteiger partial charge in [-0.3, -0.25) is 18.9 Å². The Kier molecular flexibility index (Phi) is 3.71. The molecule has 0 N–H and O–H groups in total. The largest absolute Gasteiger partial charge is 0.299 e. The van der Waals surface area contributed by atoms with Crippen molar-refractivity contribution >= 4 is 24.7 Å². The summed E-state index contributed by atoms with van der Waals surface area (Å²) in [6.07, 6.45) is 11.6. The number of carbonyl (C=O) groups is 2. The summed E-state index contributed by atoms with van der Waals surface area (Å²) in [7, 11) is 0. The normalized spacial score (nSPS) is 11.3. The topological polar surface area (TPSA) is 44.0 Å². The molecule has 0 atom stereocenters. The summed E-state index contributed by atoms with van der Waals surface area (Å²) in [5.41, 5.74) is 1.75. The van der Waals surface area contributed by atoms with Crippen molar-refractivity contribution in [2.24, 2.45) is 0 Å². The lowest BCUT2D eigenvalue weighted by Gasteiger charge is -2.10. The van der Waals surface area contributed by atoms with E-state index in [1.54, 1.807) is 12.2 Å². The predicted molar refractivity (Wildman–Crippen MR) is 69.9 cm³/mol. The third-order valence-electron chi connectivity index (χ3n) is 2.44. The first-order chi connectivity index (χ1) is 8.86. The molecule has 2 aromatic heterocycles. The van der Waals surface area contributed by atoms with Gasteiger partial charge in [-0.1, -0.05) is 0 Å². The van der Waals surface area contributed by atoms with Crippen molar-refractivity contribution in [2.75, 3.05) is 0 Å². The molecule has 0 aromatic carbocycles. The Balaban J connectivity index is 2.43. The molecule has 0 saturated carbocycles. The van der Waals surface area contributed by atoms with Crippen LogP contribution in [0.3, 0.4) is 0 Å². The maximum atomic E-state index is 10.4. The lowest BCUT2D eigenvalue weighted by molar-refractivity contribution is -0.104. The molecule has 4 nitrogen and oxygen atoms in total. The van der Waals surface area contributed by atoms with Gasteiger partial charge in [-0.25, -0.2) is 0 Å². The Morgan fingerprint density at radius 2 is 1.22 bits per heavy atom. The van der Waals surface area contributed by atoms with E-state index in [9.17, 15) is 9.59 Å². The van der Waals surface area contributed by atoms with E-state index < -0.39 is 0 Å². The van der Waals surface area contributed by atoms with Crippen LogP contribution in [0.15, 0.2) is 48.8 Å². The van der Waals surface area contributed by atoms with Gasteiger partial charge < -0.3 is 0 Å². The zero-order valence-electron chi connectivity index (χ0n) is 9.64. The van der Waals surface area contributed by atoms with Gasteiger partial charge in [-0.2, -0.15) is 0 Å². The fraction of sp³-hybridized carbons (Fsp3) is 0. The van der Waals surface area contributed by atoms with Crippen LogP contribution in [0.4, 0.5) is 0 Å².